The Kier molecular flexibility index (Phi) is 10.5. The Morgan fingerprint density at radius 2 is 1.50 bits per heavy atom. The smallest absolute Gasteiger partial charge is 0.251 e. The molecule has 4 N–H and O–H groups in total. The van der Waals surface area contributed by atoms with E-state index in [2.05, 4.69) is 52.2 Å². The SMILES string of the molecule is CCCC1(C(=O)NCCc2cccc(C(=O)NCCc3ccc(O)cc3)c2)CCC2C(CCC3C2(C)CCC2C(C)(C)C(O)CCC23C)C1C. The Hall–Kier alpha value is -2.86. The number of aromatic hydroxyl groups is 1. The molecule has 50 heavy (non-hydrogen) atoms. The van der Waals surface area contributed by atoms with Crippen LogP contribution < -0.4 is 10.6 Å². The minimum atomic E-state index is -0.323. The van der Waals surface area contributed by atoms with Gasteiger partial charge in [-0.1, -0.05) is 72.2 Å². The van der Waals surface area contributed by atoms with Gasteiger partial charge in [-0.05, 0) is 152 Å². The molecule has 0 heterocycles. The predicted molar refractivity (Wildman–Crippen MR) is 201 cm³/mol. The number of phenolic OH excluding ortho intramolecular Hbond substituents is 1. The third kappa shape index (κ3) is 6.52. The Balaban J connectivity index is 1.07. The molecule has 274 valence electrons. The fourth-order valence-electron chi connectivity index (χ4n) is 12.6. The number of hydrogen-bond donors (Lipinski definition) is 4. The Labute approximate surface area is 301 Å². The summed E-state index contributed by atoms with van der Waals surface area (Å²) >= 11 is 0. The van der Waals surface area contributed by atoms with Crippen LogP contribution in [0, 0.1) is 51.2 Å². The second-order valence-electron chi connectivity index (χ2n) is 18.0. The van der Waals surface area contributed by atoms with Gasteiger partial charge in [0.25, 0.3) is 5.91 Å². The lowest BCUT2D eigenvalue weighted by Crippen LogP contribution is -2.64. The van der Waals surface area contributed by atoms with Crippen molar-refractivity contribution in [3.05, 3.63) is 65.2 Å². The van der Waals surface area contributed by atoms with Crippen molar-refractivity contribution in [2.24, 2.45) is 51.2 Å². The quantitative estimate of drug-likeness (QED) is 0.202. The molecule has 6 nitrogen and oxygen atoms in total. The summed E-state index contributed by atoms with van der Waals surface area (Å²) < 4.78 is 0. The van der Waals surface area contributed by atoms with Crippen LogP contribution in [-0.4, -0.2) is 41.2 Å². The lowest BCUT2D eigenvalue weighted by atomic mass is 9.36. The lowest BCUT2D eigenvalue weighted by Gasteiger charge is -2.69. The normalized spacial score (nSPS) is 36.0. The molecule has 4 fully saturated rings. The summed E-state index contributed by atoms with van der Waals surface area (Å²) in [6.45, 7) is 15.6. The highest BCUT2D eigenvalue weighted by Crippen LogP contribution is 2.72. The van der Waals surface area contributed by atoms with Gasteiger partial charge in [0, 0.05) is 18.7 Å². The number of carbonyl (C=O) groups is 2. The highest BCUT2D eigenvalue weighted by molar-refractivity contribution is 5.94. The number of fused-ring (bicyclic) bond motifs is 5. The highest BCUT2D eigenvalue weighted by Gasteiger charge is 2.65. The number of aliphatic hydroxyl groups excluding tert-OH is 1. The minimum Gasteiger partial charge on any atom is -0.508 e. The molecule has 9 atom stereocenters. The standard InChI is InChI=1S/C44H64N2O4/c1-7-22-44(40(50)46-27-21-31-9-8-10-32(28-31)39(49)45-26-20-30-11-13-33(47)14-12-30)25-17-35-34(29(44)2)15-16-37-42(35,5)23-18-36-41(3,4)38(48)19-24-43(36,37)6/h8-14,28-29,34-38,47-48H,7,15-27H2,1-6H3,(H,45,49)(H,46,50). The zero-order valence-electron chi connectivity index (χ0n) is 31.7. The van der Waals surface area contributed by atoms with Crippen LogP contribution >= 0.6 is 0 Å². The summed E-state index contributed by atoms with van der Waals surface area (Å²) in [6.07, 6.45) is 12.3. The third-order valence-electron chi connectivity index (χ3n) is 15.3. The fraction of sp³-hybridized carbons (Fsp3) is 0.682. The summed E-state index contributed by atoms with van der Waals surface area (Å²) in [5, 5.41) is 26.9. The molecule has 0 aliphatic heterocycles. The molecule has 6 heteroatoms. The maximum Gasteiger partial charge on any atom is 0.251 e. The maximum atomic E-state index is 14.3. The van der Waals surface area contributed by atoms with E-state index in [-0.39, 0.29) is 39.9 Å². The molecular weight excluding hydrogens is 620 g/mol. The van der Waals surface area contributed by atoms with E-state index in [4.69, 9.17) is 0 Å². The molecule has 2 amide bonds. The van der Waals surface area contributed by atoms with Crippen LogP contribution in [0.4, 0.5) is 0 Å². The van der Waals surface area contributed by atoms with Crippen LogP contribution in [0.5, 0.6) is 5.75 Å². The van der Waals surface area contributed by atoms with Crippen LogP contribution in [0.15, 0.2) is 48.5 Å². The molecule has 0 spiro atoms. The molecule has 0 bridgehead atoms. The lowest BCUT2D eigenvalue weighted by molar-refractivity contribution is -0.215. The minimum absolute atomic E-state index is 0.0252. The van der Waals surface area contributed by atoms with Crippen molar-refractivity contribution < 1.29 is 19.8 Å². The van der Waals surface area contributed by atoms with Gasteiger partial charge in [-0.3, -0.25) is 9.59 Å². The van der Waals surface area contributed by atoms with Gasteiger partial charge in [0.1, 0.15) is 5.75 Å². The van der Waals surface area contributed by atoms with Crippen molar-refractivity contribution in [2.75, 3.05) is 13.1 Å². The van der Waals surface area contributed by atoms with E-state index < -0.39 is 0 Å². The molecule has 2 aromatic rings. The van der Waals surface area contributed by atoms with E-state index >= 15 is 0 Å². The molecule has 0 radical (unpaired) electrons. The summed E-state index contributed by atoms with van der Waals surface area (Å²) in [7, 11) is 0. The van der Waals surface area contributed by atoms with Gasteiger partial charge < -0.3 is 20.8 Å². The van der Waals surface area contributed by atoms with Crippen molar-refractivity contribution in [3.8, 4) is 5.75 Å². The van der Waals surface area contributed by atoms with E-state index in [9.17, 15) is 19.8 Å². The largest absolute Gasteiger partial charge is 0.508 e. The van der Waals surface area contributed by atoms with Crippen molar-refractivity contribution in [1.29, 1.82) is 0 Å². The Bertz CT molecular complexity index is 1520. The number of hydrogen-bond acceptors (Lipinski definition) is 4. The van der Waals surface area contributed by atoms with E-state index in [1.54, 1.807) is 12.1 Å². The van der Waals surface area contributed by atoms with Gasteiger partial charge >= 0.3 is 0 Å². The molecule has 0 saturated heterocycles. The average molecular weight is 685 g/mol. The average Bonchev–Trinajstić information content (AvgIpc) is 3.08. The fourth-order valence-corrected chi connectivity index (χ4v) is 12.6. The first-order chi connectivity index (χ1) is 23.8. The molecule has 2 aromatic carbocycles. The number of aliphatic hydroxyl groups is 1. The van der Waals surface area contributed by atoms with Crippen LogP contribution in [-0.2, 0) is 17.6 Å². The van der Waals surface area contributed by atoms with Crippen molar-refractivity contribution >= 4 is 11.8 Å². The molecule has 0 aromatic heterocycles. The van der Waals surface area contributed by atoms with Crippen LogP contribution in [0.3, 0.4) is 0 Å². The van der Waals surface area contributed by atoms with Crippen molar-refractivity contribution in [3.63, 3.8) is 0 Å². The summed E-state index contributed by atoms with van der Waals surface area (Å²) in [5.74, 6) is 3.23. The van der Waals surface area contributed by atoms with Crippen LogP contribution in [0.2, 0.25) is 0 Å². The van der Waals surface area contributed by atoms with Crippen molar-refractivity contribution in [2.45, 2.75) is 125 Å². The number of benzene rings is 2. The maximum absolute atomic E-state index is 14.3. The van der Waals surface area contributed by atoms with E-state index in [0.717, 1.165) is 49.7 Å². The summed E-state index contributed by atoms with van der Waals surface area (Å²) in [5.41, 5.74) is 2.98. The third-order valence-corrected chi connectivity index (χ3v) is 15.3. The van der Waals surface area contributed by atoms with Crippen LogP contribution in [0.1, 0.15) is 127 Å². The van der Waals surface area contributed by atoms with Gasteiger partial charge in [0.2, 0.25) is 5.91 Å². The Morgan fingerprint density at radius 1 is 0.800 bits per heavy atom. The Morgan fingerprint density at radius 3 is 2.24 bits per heavy atom. The molecule has 4 aliphatic carbocycles. The zero-order valence-corrected chi connectivity index (χ0v) is 31.7. The highest BCUT2D eigenvalue weighted by atomic mass is 16.3. The second kappa shape index (κ2) is 14.3. The number of amides is 2. The second-order valence-corrected chi connectivity index (χ2v) is 18.0. The van der Waals surface area contributed by atoms with Crippen molar-refractivity contribution in [1.82, 2.24) is 10.6 Å². The van der Waals surface area contributed by atoms with E-state index in [1.165, 1.54) is 25.7 Å². The van der Waals surface area contributed by atoms with Gasteiger partial charge in [-0.25, -0.2) is 0 Å². The summed E-state index contributed by atoms with van der Waals surface area (Å²) in [6, 6.07) is 14.8. The van der Waals surface area contributed by atoms with Gasteiger partial charge in [-0.2, -0.15) is 0 Å². The molecule has 4 saturated carbocycles. The number of rotatable bonds is 10. The first kappa shape index (κ1) is 36.9. The predicted octanol–water partition coefficient (Wildman–Crippen LogP) is 8.49. The molecule has 4 aliphatic rings. The van der Waals surface area contributed by atoms with Gasteiger partial charge in [-0.15, -0.1) is 0 Å². The van der Waals surface area contributed by atoms with E-state index in [1.807, 2.05) is 36.4 Å². The van der Waals surface area contributed by atoms with Gasteiger partial charge in [0.15, 0.2) is 0 Å². The molecule has 6 rings (SSSR count). The van der Waals surface area contributed by atoms with Crippen LogP contribution in [0.25, 0.3) is 0 Å². The number of nitrogens with one attached hydrogen (secondary N) is 2. The molecule has 9 unspecified atom stereocenters. The first-order valence-electron chi connectivity index (χ1n) is 19.9. The monoisotopic (exact) mass is 684 g/mol. The molecular formula is C44H64N2O4. The zero-order chi connectivity index (χ0) is 35.9. The topological polar surface area (TPSA) is 98.7 Å². The number of carbonyl (C=O) groups excluding carboxylic acids is 2. The number of phenols is 1. The van der Waals surface area contributed by atoms with Gasteiger partial charge in [0.05, 0.1) is 11.5 Å². The summed E-state index contributed by atoms with van der Waals surface area (Å²) in [4.78, 5) is 27.2. The first-order valence-corrected chi connectivity index (χ1v) is 19.9. The van der Waals surface area contributed by atoms with E-state index in [0.29, 0.717) is 66.5 Å².